The molecule has 1 rings (SSSR count). The van der Waals surface area contributed by atoms with Crippen molar-refractivity contribution >= 4 is 11.6 Å². The number of hydrogen-bond acceptors (Lipinski definition) is 6. The second-order valence-corrected chi connectivity index (χ2v) is 3.93. The number of carbonyl (C=O) groups excluding carboxylic acids is 1. The summed E-state index contributed by atoms with van der Waals surface area (Å²) < 4.78 is 9.65. The Bertz CT molecular complexity index is 491. The van der Waals surface area contributed by atoms with Gasteiger partial charge in [0.15, 0.2) is 0 Å². The molecule has 0 aliphatic carbocycles. The Morgan fingerprint density at radius 2 is 2.20 bits per heavy atom. The van der Waals surface area contributed by atoms with E-state index >= 15 is 0 Å². The van der Waals surface area contributed by atoms with Gasteiger partial charge < -0.3 is 19.9 Å². The number of aliphatic hydroxyl groups is 1. The zero-order valence-corrected chi connectivity index (χ0v) is 11.2. The maximum Gasteiger partial charge on any atom is 0.311 e. The van der Waals surface area contributed by atoms with E-state index in [1.807, 2.05) is 0 Å². The number of benzene rings is 1. The lowest BCUT2D eigenvalue weighted by Crippen LogP contribution is -2.34. The van der Waals surface area contributed by atoms with Crippen molar-refractivity contribution in [2.24, 2.45) is 0 Å². The molecule has 8 nitrogen and oxygen atoms in total. The normalized spacial score (nSPS) is 11.8. The highest BCUT2D eigenvalue weighted by Gasteiger charge is 2.22. The van der Waals surface area contributed by atoms with Crippen LogP contribution in [-0.4, -0.2) is 49.4 Å². The summed E-state index contributed by atoms with van der Waals surface area (Å²) in [5.74, 6) is -0.683. The van der Waals surface area contributed by atoms with Crippen LogP contribution in [-0.2, 0) is 4.74 Å². The van der Waals surface area contributed by atoms with Crippen LogP contribution >= 0.6 is 0 Å². The molecule has 0 bridgehead atoms. The number of carbonyl (C=O) groups is 1. The number of para-hydroxylation sites is 1. The maximum atomic E-state index is 11.9. The smallest absolute Gasteiger partial charge is 0.311 e. The first-order valence-electron chi connectivity index (χ1n) is 5.77. The first-order valence-corrected chi connectivity index (χ1v) is 5.77. The minimum atomic E-state index is -0.853. The molecule has 0 aliphatic rings. The second-order valence-electron chi connectivity index (χ2n) is 3.93. The van der Waals surface area contributed by atoms with E-state index in [4.69, 9.17) is 9.47 Å². The van der Waals surface area contributed by atoms with E-state index in [0.717, 1.165) is 0 Å². The maximum absolute atomic E-state index is 11.9. The molecule has 1 amide bonds. The average molecular weight is 284 g/mol. The first kappa shape index (κ1) is 15.9. The van der Waals surface area contributed by atoms with Gasteiger partial charge in [-0.15, -0.1) is 0 Å². The third-order valence-electron chi connectivity index (χ3n) is 2.50. The van der Waals surface area contributed by atoms with Crippen LogP contribution in [0.4, 0.5) is 5.69 Å². The molecule has 1 aromatic carbocycles. The summed E-state index contributed by atoms with van der Waals surface area (Å²) in [5.41, 5.74) is -0.260. The largest absolute Gasteiger partial charge is 0.490 e. The molecule has 2 N–H and O–H groups in total. The molecule has 1 unspecified atom stereocenters. The van der Waals surface area contributed by atoms with E-state index in [2.05, 4.69) is 5.32 Å². The number of nitro groups is 1. The van der Waals surface area contributed by atoms with Gasteiger partial charge in [0.05, 0.1) is 30.3 Å². The predicted molar refractivity (Wildman–Crippen MR) is 69.9 cm³/mol. The third-order valence-corrected chi connectivity index (χ3v) is 2.50. The number of hydrogen-bond donors (Lipinski definition) is 2. The summed E-state index contributed by atoms with van der Waals surface area (Å²) >= 11 is 0. The molecule has 1 aromatic rings. The van der Waals surface area contributed by atoms with Crippen LogP contribution in [0.2, 0.25) is 0 Å². The fourth-order valence-electron chi connectivity index (χ4n) is 1.62. The number of nitrogens with zero attached hydrogens (tertiary/aromatic N) is 1. The van der Waals surface area contributed by atoms with Crippen molar-refractivity contribution in [2.45, 2.75) is 6.10 Å². The van der Waals surface area contributed by atoms with Gasteiger partial charge in [-0.2, -0.15) is 0 Å². The van der Waals surface area contributed by atoms with Crippen molar-refractivity contribution in [2.75, 3.05) is 27.4 Å². The molecule has 0 saturated carbocycles. The Hall–Kier alpha value is -2.19. The van der Waals surface area contributed by atoms with Gasteiger partial charge in [0.25, 0.3) is 5.91 Å². The minimum Gasteiger partial charge on any atom is -0.490 e. The average Bonchev–Trinajstić information content (AvgIpc) is 2.44. The first-order chi connectivity index (χ1) is 9.51. The molecule has 1 atom stereocenters. The Kier molecular flexibility index (Phi) is 5.88. The molecule has 0 fully saturated rings. The fourth-order valence-corrected chi connectivity index (χ4v) is 1.62. The quantitative estimate of drug-likeness (QED) is 0.551. The van der Waals surface area contributed by atoms with Gasteiger partial charge in [-0.3, -0.25) is 14.9 Å². The fraction of sp³-hybridized carbons (Fsp3) is 0.417. The number of nitrogens with one attached hydrogen (secondary N) is 1. The minimum absolute atomic E-state index is 0.0292. The van der Waals surface area contributed by atoms with E-state index in [1.54, 1.807) is 0 Å². The van der Waals surface area contributed by atoms with Gasteiger partial charge in [0.1, 0.15) is 0 Å². The Morgan fingerprint density at radius 3 is 2.75 bits per heavy atom. The molecular weight excluding hydrogens is 268 g/mol. The van der Waals surface area contributed by atoms with Gasteiger partial charge in [0.2, 0.25) is 5.75 Å². The van der Waals surface area contributed by atoms with Crippen molar-refractivity contribution in [3.8, 4) is 5.75 Å². The summed E-state index contributed by atoms with van der Waals surface area (Å²) in [6.45, 7) is 0.0465. The molecule has 0 radical (unpaired) electrons. The van der Waals surface area contributed by atoms with Crippen molar-refractivity contribution in [1.29, 1.82) is 0 Å². The molecule has 0 aromatic heterocycles. The lowest BCUT2D eigenvalue weighted by molar-refractivity contribution is -0.385. The summed E-state index contributed by atoms with van der Waals surface area (Å²) in [4.78, 5) is 22.2. The van der Waals surface area contributed by atoms with E-state index in [0.29, 0.717) is 0 Å². The number of ether oxygens (including phenoxy) is 2. The van der Waals surface area contributed by atoms with Gasteiger partial charge >= 0.3 is 5.69 Å². The molecule has 8 heteroatoms. The molecule has 110 valence electrons. The number of aliphatic hydroxyl groups excluding tert-OH is 1. The zero-order chi connectivity index (χ0) is 15.1. The highest BCUT2D eigenvalue weighted by molar-refractivity contribution is 5.98. The van der Waals surface area contributed by atoms with Crippen molar-refractivity contribution in [3.05, 3.63) is 33.9 Å². The summed E-state index contributed by atoms with van der Waals surface area (Å²) in [7, 11) is 2.67. The SMILES string of the molecule is COCC(O)CNC(=O)c1cccc([N+](=O)[O-])c1OC. The van der Waals surface area contributed by atoms with E-state index in [-0.39, 0.29) is 30.2 Å². The van der Waals surface area contributed by atoms with Crippen molar-refractivity contribution in [3.63, 3.8) is 0 Å². The molecule has 0 saturated heterocycles. The standard InChI is InChI=1S/C12H16N2O6/c1-19-7-8(15)6-13-12(16)9-4-3-5-10(14(17)18)11(9)20-2/h3-5,8,15H,6-7H2,1-2H3,(H,13,16). The predicted octanol–water partition coefficient (Wildman–Crippen LogP) is 0.340. The van der Waals surface area contributed by atoms with Crippen LogP contribution in [0.1, 0.15) is 10.4 Å². The molecular formula is C12H16N2O6. The van der Waals surface area contributed by atoms with Crippen LogP contribution in [0.15, 0.2) is 18.2 Å². The van der Waals surface area contributed by atoms with Gasteiger partial charge in [0, 0.05) is 19.7 Å². The number of methoxy groups -OCH3 is 2. The zero-order valence-electron chi connectivity index (χ0n) is 11.2. The van der Waals surface area contributed by atoms with Crippen molar-refractivity contribution in [1.82, 2.24) is 5.32 Å². The Morgan fingerprint density at radius 1 is 1.50 bits per heavy atom. The molecule has 0 spiro atoms. The lowest BCUT2D eigenvalue weighted by Gasteiger charge is -2.12. The van der Waals surface area contributed by atoms with Gasteiger partial charge in [-0.05, 0) is 6.07 Å². The highest BCUT2D eigenvalue weighted by Crippen LogP contribution is 2.30. The van der Waals surface area contributed by atoms with Gasteiger partial charge in [-0.1, -0.05) is 6.07 Å². The Balaban J connectivity index is 2.87. The highest BCUT2D eigenvalue weighted by atomic mass is 16.6. The van der Waals surface area contributed by atoms with Crippen molar-refractivity contribution < 1.29 is 24.3 Å². The van der Waals surface area contributed by atoms with E-state index < -0.39 is 16.9 Å². The summed E-state index contributed by atoms with van der Waals surface area (Å²) in [5, 5.41) is 22.7. The van der Waals surface area contributed by atoms with Crippen LogP contribution in [0.25, 0.3) is 0 Å². The van der Waals surface area contributed by atoms with Crippen LogP contribution in [0.3, 0.4) is 0 Å². The lowest BCUT2D eigenvalue weighted by atomic mass is 10.1. The topological polar surface area (TPSA) is 111 Å². The second kappa shape index (κ2) is 7.41. The van der Waals surface area contributed by atoms with E-state index in [1.165, 1.54) is 32.4 Å². The summed E-state index contributed by atoms with van der Waals surface area (Å²) in [6.07, 6.45) is -0.853. The third kappa shape index (κ3) is 3.90. The number of rotatable bonds is 7. The Labute approximate surface area is 115 Å². The molecule has 0 aliphatic heterocycles. The molecule has 0 heterocycles. The monoisotopic (exact) mass is 284 g/mol. The van der Waals surface area contributed by atoms with Crippen LogP contribution < -0.4 is 10.1 Å². The number of amides is 1. The van der Waals surface area contributed by atoms with E-state index in [9.17, 15) is 20.0 Å². The molecule has 20 heavy (non-hydrogen) atoms. The van der Waals surface area contributed by atoms with Crippen LogP contribution in [0.5, 0.6) is 5.75 Å². The van der Waals surface area contributed by atoms with Crippen LogP contribution in [0, 0.1) is 10.1 Å². The number of nitro benzene ring substituents is 1. The van der Waals surface area contributed by atoms with Gasteiger partial charge in [-0.25, -0.2) is 0 Å². The summed E-state index contributed by atoms with van der Waals surface area (Å²) in [6, 6.07) is 4.04.